The van der Waals surface area contributed by atoms with Crippen molar-refractivity contribution in [3.05, 3.63) is 65.2 Å². The Morgan fingerprint density at radius 3 is 2.30 bits per heavy atom. The van der Waals surface area contributed by atoms with Gasteiger partial charge < -0.3 is 5.32 Å². The van der Waals surface area contributed by atoms with E-state index < -0.39 is 0 Å². The lowest BCUT2D eigenvalue weighted by Crippen LogP contribution is -2.25. The molecule has 0 bridgehead atoms. The van der Waals surface area contributed by atoms with E-state index in [1.165, 1.54) is 16.0 Å². The molecule has 0 fully saturated rings. The van der Waals surface area contributed by atoms with Crippen LogP contribution in [0.25, 0.3) is 0 Å². The Morgan fingerprint density at radius 1 is 1.04 bits per heavy atom. The molecule has 1 N–H and O–H groups in total. The highest BCUT2D eigenvalue weighted by Gasteiger charge is 2.05. The Kier molecular flexibility index (Phi) is 6.72. The van der Waals surface area contributed by atoms with E-state index in [9.17, 15) is 4.79 Å². The summed E-state index contributed by atoms with van der Waals surface area (Å²) in [6.07, 6.45) is 1.01. The second-order valence-corrected chi connectivity index (χ2v) is 7.29. The molecule has 0 aromatic heterocycles. The van der Waals surface area contributed by atoms with Crippen LogP contribution in [0.4, 0.5) is 0 Å². The van der Waals surface area contributed by atoms with Crippen molar-refractivity contribution in [3.8, 4) is 0 Å². The van der Waals surface area contributed by atoms with Crippen LogP contribution >= 0.6 is 11.8 Å². The van der Waals surface area contributed by atoms with Crippen molar-refractivity contribution in [2.24, 2.45) is 5.92 Å². The molecular formula is C20H25NOS. The number of amides is 1. The van der Waals surface area contributed by atoms with Gasteiger partial charge in [0.2, 0.25) is 0 Å². The summed E-state index contributed by atoms with van der Waals surface area (Å²) in [6, 6.07) is 16.5. The number of hydrogen-bond donors (Lipinski definition) is 1. The Bertz CT molecular complexity index is 617. The highest BCUT2D eigenvalue weighted by Crippen LogP contribution is 2.23. The van der Waals surface area contributed by atoms with Gasteiger partial charge in [0, 0.05) is 22.8 Å². The molecule has 0 saturated heterocycles. The van der Waals surface area contributed by atoms with E-state index in [1.807, 2.05) is 36.0 Å². The van der Waals surface area contributed by atoms with Gasteiger partial charge in [0.25, 0.3) is 5.91 Å². The fourth-order valence-corrected chi connectivity index (χ4v) is 2.98. The molecule has 0 saturated carbocycles. The summed E-state index contributed by atoms with van der Waals surface area (Å²) in [4.78, 5) is 13.3. The molecule has 2 nitrogen and oxygen atoms in total. The van der Waals surface area contributed by atoms with Gasteiger partial charge in [-0.1, -0.05) is 43.7 Å². The average molecular weight is 327 g/mol. The number of carbonyl (C=O) groups excluding carboxylic acids is 1. The van der Waals surface area contributed by atoms with Crippen LogP contribution in [0.2, 0.25) is 0 Å². The molecule has 3 heteroatoms. The first kappa shape index (κ1) is 17.6. The van der Waals surface area contributed by atoms with Gasteiger partial charge in [-0.15, -0.1) is 11.8 Å². The van der Waals surface area contributed by atoms with Crippen molar-refractivity contribution in [2.75, 3.05) is 6.54 Å². The molecule has 0 aliphatic carbocycles. The quantitative estimate of drug-likeness (QED) is 0.720. The SMILES string of the molecule is Cc1ccc(SCc2ccc(C(=O)NCCC(C)C)cc2)cc1. The zero-order valence-electron chi connectivity index (χ0n) is 14.1. The molecule has 0 aliphatic rings. The van der Waals surface area contributed by atoms with Crippen LogP contribution in [0.5, 0.6) is 0 Å². The first-order chi connectivity index (χ1) is 11.0. The molecule has 23 heavy (non-hydrogen) atoms. The second-order valence-electron chi connectivity index (χ2n) is 6.24. The summed E-state index contributed by atoms with van der Waals surface area (Å²) in [7, 11) is 0. The summed E-state index contributed by atoms with van der Waals surface area (Å²) in [5.41, 5.74) is 3.24. The van der Waals surface area contributed by atoms with E-state index in [1.54, 1.807) is 0 Å². The second kappa shape index (κ2) is 8.78. The van der Waals surface area contributed by atoms with Gasteiger partial charge in [-0.3, -0.25) is 4.79 Å². The summed E-state index contributed by atoms with van der Waals surface area (Å²) < 4.78 is 0. The maximum atomic E-state index is 12.0. The van der Waals surface area contributed by atoms with E-state index in [4.69, 9.17) is 0 Å². The molecule has 2 aromatic rings. The van der Waals surface area contributed by atoms with Crippen molar-refractivity contribution >= 4 is 17.7 Å². The van der Waals surface area contributed by atoms with Crippen molar-refractivity contribution < 1.29 is 4.79 Å². The maximum absolute atomic E-state index is 12.0. The Balaban J connectivity index is 1.84. The minimum Gasteiger partial charge on any atom is -0.352 e. The van der Waals surface area contributed by atoms with Crippen LogP contribution in [0.1, 0.15) is 41.8 Å². The third-order valence-corrected chi connectivity index (χ3v) is 4.73. The highest BCUT2D eigenvalue weighted by molar-refractivity contribution is 7.98. The van der Waals surface area contributed by atoms with E-state index >= 15 is 0 Å². The van der Waals surface area contributed by atoms with Gasteiger partial charge in [0.1, 0.15) is 0 Å². The van der Waals surface area contributed by atoms with E-state index in [2.05, 4.69) is 50.4 Å². The van der Waals surface area contributed by atoms with Crippen LogP contribution in [0.3, 0.4) is 0 Å². The number of thioether (sulfide) groups is 1. The lowest BCUT2D eigenvalue weighted by atomic mass is 10.1. The van der Waals surface area contributed by atoms with Gasteiger partial charge in [0.15, 0.2) is 0 Å². The molecule has 0 spiro atoms. The molecule has 0 aliphatic heterocycles. The zero-order valence-corrected chi connectivity index (χ0v) is 15.0. The van der Waals surface area contributed by atoms with Crippen molar-refractivity contribution in [1.29, 1.82) is 0 Å². The van der Waals surface area contributed by atoms with Gasteiger partial charge in [-0.2, -0.15) is 0 Å². The number of rotatable bonds is 7. The Hall–Kier alpha value is -1.74. The summed E-state index contributed by atoms with van der Waals surface area (Å²) in [6.45, 7) is 7.15. The van der Waals surface area contributed by atoms with Crippen LogP contribution in [0, 0.1) is 12.8 Å². The lowest BCUT2D eigenvalue weighted by molar-refractivity contribution is 0.0952. The minimum atomic E-state index is 0.0170. The monoisotopic (exact) mass is 327 g/mol. The number of hydrogen-bond acceptors (Lipinski definition) is 2. The van der Waals surface area contributed by atoms with E-state index in [0.717, 1.165) is 24.3 Å². The summed E-state index contributed by atoms with van der Waals surface area (Å²) in [5.74, 6) is 1.54. The minimum absolute atomic E-state index is 0.0170. The number of benzene rings is 2. The first-order valence-corrected chi connectivity index (χ1v) is 9.10. The predicted molar refractivity (Wildman–Crippen MR) is 99.0 cm³/mol. The largest absolute Gasteiger partial charge is 0.352 e. The zero-order chi connectivity index (χ0) is 16.7. The fraction of sp³-hybridized carbons (Fsp3) is 0.350. The molecule has 2 rings (SSSR count). The van der Waals surface area contributed by atoms with E-state index in [0.29, 0.717) is 5.92 Å². The van der Waals surface area contributed by atoms with E-state index in [-0.39, 0.29) is 5.91 Å². The van der Waals surface area contributed by atoms with Crippen molar-refractivity contribution in [1.82, 2.24) is 5.32 Å². The van der Waals surface area contributed by atoms with Crippen LogP contribution < -0.4 is 5.32 Å². The van der Waals surface area contributed by atoms with Crippen molar-refractivity contribution in [2.45, 2.75) is 37.8 Å². The number of carbonyl (C=O) groups is 1. The molecule has 0 unspecified atom stereocenters. The van der Waals surface area contributed by atoms with Gasteiger partial charge in [-0.25, -0.2) is 0 Å². The van der Waals surface area contributed by atoms with Crippen LogP contribution in [-0.2, 0) is 5.75 Å². The fourth-order valence-electron chi connectivity index (χ4n) is 2.13. The molecular weight excluding hydrogens is 302 g/mol. The Morgan fingerprint density at radius 2 is 1.70 bits per heavy atom. The summed E-state index contributed by atoms with van der Waals surface area (Å²) >= 11 is 1.81. The first-order valence-electron chi connectivity index (χ1n) is 8.11. The number of nitrogens with one attached hydrogen (secondary N) is 1. The topological polar surface area (TPSA) is 29.1 Å². The third-order valence-electron chi connectivity index (χ3n) is 3.65. The molecule has 1 amide bonds. The highest BCUT2D eigenvalue weighted by atomic mass is 32.2. The standard InChI is InChI=1S/C20H25NOS/c1-15(2)12-13-21-20(22)18-8-6-17(7-9-18)14-23-19-10-4-16(3)5-11-19/h4-11,15H,12-14H2,1-3H3,(H,21,22). The maximum Gasteiger partial charge on any atom is 0.251 e. The molecule has 0 atom stereocenters. The molecule has 0 heterocycles. The van der Waals surface area contributed by atoms with Crippen LogP contribution in [0.15, 0.2) is 53.4 Å². The number of aryl methyl sites for hydroxylation is 1. The normalized spacial score (nSPS) is 10.8. The van der Waals surface area contributed by atoms with Gasteiger partial charge in [0.05, 0.1) is 0 Å². The van der Waals surface area contributed by atoms with Gasteiger partial charge in [-0.05, 0) is 49.1 Å². The molecule has 122 valence electrons. The smallest absolute Gasteiger partial charge is 0.251 e. The molecule has 2 aromatic carbocycles. The van der Waals surface area contributed by atoms with Crippen molar-refractivity contribution in [3.63, 3.8) is 0 Å². The summed E-state index contributed by atoms with van der Waals surface area (Å²) in [5, 5.41) is 2.97. The molecule has 0 radical (unpaired) electrons. The van der Waals surface area contributed by atoms with Crippen LogP contribution in [-0.4, -0.2) is 12.5 Å². The lowest BCUT2D eigenvalue weighted by Gasteiger charge is -2.08. The predicted octanol–water partition coefficient (Wildman–Crippen LogP) is 5.06. The Labute approximate surface area is 143 Å². The third kappa shape index (κ3) is 6.11. The average Bonchev–Trinajstić information content (AvgIpc) is 2.54. The van der Waals surface area contributed by atoms with Gasteiger partial charge >= 0.3 is 0 Å².